The van der Waals surface area contributed by atoms with E-state index in [-0.39, 0.29) is 5.78 Å². The van der Waals surface area contributed by atoms with Crippen molar-refractivity contribution < 1.29 is 9.53 Å². The minimum absolute atomic E-state index is 0.169. The largest absolute Gasteiger partial charge is 0.497 e. The van der Waals surface area contributed by atoms with Gasteiger partial charge < -0.3 is 4.74 Å². The zero-order valence-electron chi connectivity index (χ0n) is 9.75. The van der Waals surface area contributed by atoms with Crippen molar-refractivity contribution >= 4 is 5.78 Å². The highest BCUT2D eigenvalue weighted by Crippen LogP contribution is 2.29. The fourth-order valence-electron chi connectivity index (χ4n) is 1.99. The number of rotatable bonds is 3. The molecule has 1 aliphatic rings. The molecule has 16 heavy (non-hydrogen) atoms. The topological polar surface area (TPSA) is 26.3 Å². The van der Waals surface area contributed by atoms with Crippen molar-refractivity contribution in [2.45, 2.75) is 26.2 Å². The van der Waals surface area contributed by atoms with Crippen LogP contribution in [0.5, 0.6) is 5.75 Å². The van der Waals surface area contributed by atoms with E-state index in [0.717, 1.165) is 41.7 Å². The number of Topliss-reactive ketones (excluding diaryl/α,β-unsaturated/α-hetero) is 1. The van der Waals surface area contributed by atoms with Crippen LogP contribution in [0.3, 0.4) is 0 Å². The third-order valence-electron chi connectivity index (χ3n) is 2.91. The van der Waals surface area contributed by atoms with E-state index in [1.165, 1.54) is 0 Å². The van der Waals surface area contributed by atoms with Gasteiger partial charge in [-0.15, -0.1) is 0 Å². The van der Waals surface area contributed by atoms with Crippen molar-refractivity contribution in [3.8, 4) is 5.75 Å². The minimum Gasteiger partial charge on any atom is -0.497 e. The molecular formula is C14H16O2. The Balaban J connectivity index is 2.31. The summed E-state index contributed by atoms with van der Waals surface area (Å²) < 4.78 is 5.13. The molecule has 0 bridgehead atoms. The molecular weight excluding hydrogens is 200 g/mol. The molecule has 1 aliphatic carbocycles. The van der Waals surface area contributed by atoms with Crippen molar-refractivity contribution in [3.63, 3.8) is 0 Å². The lowest BCUT2D eigenvalue weighted by molar-refractivity contribution is 0.103. The normalized spacial score (nSPS) is 16.6. The molecule has 0 unspecified atom stereocenters. The van der Waals surface area contributed by atoms with Crippen LogP contribution >= 0.6 is 0 Å². The van der Waals surface area contributed by atoms with Crippen molar-refractivity contribution in [1.29, 1.82) is 0 Å². The van der Waals surface area contributed by atoms with Crippen molar-refractivity contribution in [2.75, 3.05) is 7.11 Å². The molecule has 0 amide bonds. The van der Waals surface area contributed by atoms with E-state index in [4.69, 9.17) is 4.74 Å². The van der Waals surface area contributed by atoms with Crippen LogP contribution in [0.2, 0.25) is 0 Å². The van der Waals surface area contributed by atoms with Gasteiger partial charge in [0.25, 0.3) is 0 Å². The number of benzene rings is 1. The number of carbonyl (C=O) groups is 1. The van der Waals surface area contributed by atoms with Crippen LogP contribution in [0.4, 0.5) is 0 Å². The van der Waals surface area contributed by atoms with Crippen LogP contribution in [0, 0.1) is 0 Å². The number of hydrogen-bond acceptors (Lipinski definition) is 2. The molecule has 0 spiro atoms. The molecule has 1 aromatic carbocycles. The molecule has 0 heterocycles. The SMILES string of the molecule is CCCC=C1Cc2ccc(OC)cc2C1=O. The molecule has 1 aromatic rings. The number of ether oxygens (including phenoxy) is 1. The number of methoxy groups -OCH3 is 1. The van der Waals surface area contributed by atoms with Gasteiger partial charge >= 0.3 is 0 Å². The lowest BCUT2D eigenvalue weighted by Crippen LogP contribution is -1.96. The van der Waals surface area contributed by atoms with Crippen LogP contribution in [-0.2, 0) is 6.42 Å². The Kier molecular flexibility index (Phi) is 3.09. The number of carbonyl (C=O) groups excluding carboxylic acids is 1. The first-order valence-corrected chi connectivity index (χ1v) is 5.67. The van der Waals surface area contributed by atoms with Crippen molar-refractivity contribution in [1.82, 2.24) is 0 Å². The lowest BCUT2D eigenvalue weighted by atomic mass is 10.1. The number of hydrogen-bond donors (Lipinski definition) is 0. The van der Waals surface area contributed by atoms with Crippen LogP contribution in [0.25, 0.3) is 0 Å². The first kappa shape index (κ1) is 10.9. The monoisotopic (exact) mass is 216 g/mol. The van der Waals surface area contributed by atoms with Gasteiger partial charge in [-0.3, -0.25) is 4.79 Å². The maximum Gasteiger partial charge on any atom is 0.189 e. The zero-order chi connectivity index (χ0) is 11.5. The fraction of sp³-hybridized carbons (Fsp3) is 0.357. The summed E-state index contributed by atoms with van der Waals surface area (Å²) in [6.07, 6.45) is 4.90. The van der Waals surface area contributed by atoms with E-state index < -0.39 is 0 Å². The van der Waals surface area contributed by atoms with Crippen molar-refractivity contribution in [3.05, 3.63) is 41.0 Å². The Bertz CT molecular complexity index is 444. The molecule has 0 aliphatic heterocycles. The Hall–Kier alpha value is -1.57. The molecule has 2 nitrogen and oxygen atoms in total. The highest BCUT2D eigenvalue weighted by Gasteiger charge is 2.24. The lowest BCUT2D eigenvalue weighted by Gasteiger charge is -2.01. The van der Waals surface area contributed by atoms with Gasteiger partial charge in [-0.05, 0) is 24.1 Å². The van der Waals surface area contributed by atoms with Crippen LogP contribution < -0.4 is 4.74 Å². The van der Waals surface area contributed by atoms with Gasteiger partial charge in [-0.25, -0.2) is 0 Å². The second-order valence-electron chi connectivity index (χ2n) is 4.05. The summed E-state index contributed by atoms with van der Waals surface area (Å²) in [4.78, 5) is 12.0. The summed E-state index contributed by atoms with van der Waals surface area (Å²) in [6.45, 7) is 2.12. The molecule has 0 fully saturated rings. The first-order chi connectivity index (χ1) is 7.76. The van der Waals surface area contributed by atoms with E-state index in [1.54, 1.807) is 7.11 Å². The van der Waals surface area contributed by atoms with Gasteiger partial charge in [-0.1, -0.05) is 25.5 Å². The highest BCUT2D eigenvalue weighted by atomic mass is 16.5. The van der Waals surface area contributed by atoms with Crippen LogP contribution in [0.1, 0.15) is 35.7 Å². The molecule has 0 saturated heterocycles. The van der Waals surface area contributed by atoms with Crippen LogP contribution in [0.15, 0.2) is 29.8 Å². The standard InChI is InChI=1S/C14H16O2/c1-3-4-5-11-8-10-6-7-12(16-2)9-13(10)14(11)15/h5-7,9H,3-4,8H2,1-2H3. The maximum atomic E-state index is 12.0. The number of allylic oxidation sites excluding steroid dienone is 2. The van der Waals surface area contributed by atoms with Gasteiger partial charge in [0.15, 0.2) is 5.78 Å². The third-order valence-corrected chi connectivity index (χ3v) is 2.91. The smallest absolute Gasteiger partial charge is 0.189 e. The van der Waals surface area contributed by atoms with Gasteiger partial charge in [0.2, 0.25) is 0 Å². The molecule has 0 aromatic heterocycles. The Labute approximate surface area is 95.9 Å². The average Bonchev–Trinajstić information content (AvgIpc) is 2.63. The van der Waals surface area contributed by atoms with E-state index in [0.29, 0.717) is 0 Å². The number of fused-ring (bicyclic) bond motifs is 1. The van der Waals surface area contributed by atoms with Gasteiger partial charge in [0.05, 0.1) is 7.11 Å². The molecule has 0 radical (unpaired) electrons. The van der Waals surface area contributed by atoms with E-state index in [1.807, 2.05) is 18.2 Å². The number of unbranched alkanes of at least 4 members (excludes halogenated alkanes) is 1. The Morgan fingerprint density at radius 2 is 2.25 bits per heavy atom. The molecule has 0 N–H and O–H groups in total. The quantitative estimate of drug-likeness (QED) is 0.725. The summed E-state index contributed by atoms with van der Waals surface area (Å²) in [5.41, 5.74) is 2.86. The highest BCUT2D eigenvalue weighted by molar-refractivity contribution is 6.13. The first-order valence-electron chi connectivity index (χ1n) is 5.67. The Morgan fingerprint density at radius 3 is 2.94 bits per heavy atom. The molecule has 2 rings (SSSR count). The van der Waals surface area contributed by atoms with Crippen molar-refractivity contribution in [2.24, 2.45) is 0 Å². The molecule has 0 atom stereocenters. The molecule has 2 heteroatoms. The second kappa shape index (κ2) is 4.52. The van der Waals surface area contributed by atoms with E-state index in [2.05, 4.69) is 13.0 Å². The third kappa shape index (κ3) is 1.87. The van der Waals surface area contributed by atoms with Gasteiger partial charge in [0.1, 0.15) is 5.75 Å². The van der Waals surface area contributed by atoms with Gasteiger partial charge in [-0.2, -0.15) is 0 Å². The predicted molar refractivity (Wildman–Crippen MR) is 64.0 cm³/mol. The molecule has 0 saturated carbocycles. The van der Waals surface area contributed by atoms with E-state index in [9.17, 15) is 4.79 Å². The summed E-state index contributed by atoms with van der Waals surface area (Å²) in [5, 5.41) is 0. The maximum absolute atomic E-state index is 12.0. The minimum atomic E-state index is 0.169. The summed E-state index contributed by atoms with van der Waals surface area (Å²) in [5.74, 6) is 0.922. The Morgan fingerprint density at radius 1 is 1.44 bits per heavy atom. The molecule has 84 valence electrons. The van der Waals surface area contributed by atoms with Gasteiger partial charge in [0, 0.05) is 17.6 Å². The predicted octanol–water partition coefficient (Wildman–Crippen LogP) is 3.16. The van der Waals surface area contributed by atoms with Crippen LogP contribution in [-0.4, -0.2) is 12.9 Å². The second-order valence-corrected chi connectivity index (χ2v) is 4.05. The zero-order valence-corrected chi connectivity index (χ0v) is 9.75. The summed E-state index contributed by atoms with van der Waals surface area (Å²) in [6, 6.07) is 5.73. The number of ketones is 1. The fourth-order valence-corrected chi connectivity index (χ4v) is 1.99. The van der Waals surface area contributed by atoms with E-state index >= 15 is 0 Å². The summed E-state index contributed by atoms with van der Waals surface area (Å²) in [7, 11) is 1.62. The average molecular weight is 216 g/mol. The summed E-state index contributed by atoms with van der Waals surface area (Å²) >= 11 is 0.